The van der Waals surface area contributed by atoms with Crippen LogP contribution in [0.5, 0.6) is 0 Å². The number of aryl methyl sites for hydroxylation is 4. The fourth-order valence-corrected chi connectivity index (χ4v) is 15.3. The van der Waals surface area contributed by atoms with Gasteiger partial charge in [-0.25, -0.2) is 0 Å². The van der Waals surface area contributed by atoms with E-state index in [0.717, 1.165) is 0 Å². The maximum absolute atomic E-state index is 3.86. The zero-order valence-electron chi connectivity index (χ0n) is 33.7. The summed E-state index contributed by atoms with van der Waals surface area (Å²) >= 11 is 15.8. The van der Waals surface area contributed by atoms with Gasteiger partial charge in [0.2, 0.25) is 0 Å². The molecule has 0 aliphatic heterocycles. The second-order valence-corrected chi connectivity index (χ2v) is 22.8. The molecule has 0 bridgehead atoms. The van der Waals surface area contributed by atoms with Gasteiger partial charge in [0.25, 0.3) is 0 Å². The number of hydrogen-bond acceptors (Lipinski definition) is 6. The molecule has 55 heavy (non-hydrogen) atoms. The van der Waals surface area contributed by atoms with E-state index >= 15 is 0 Å². The topological polar surface area (TPSA) is 0 Å². The number of halogens is 1. The first-order chi connectivity index (χ1) is 27.0. The quantitative estimate of drug-likeness (QED) is 0.0502. The van der Waals surface area contributed by atoms with Crippen LogP contribution in [0.1, 0.15) is 153 Å². The monoisotopic (exact) mass is 908 g/mol. The minimum Gasteiger partial charge on any atom is -0.143 e. The summed E-state index contributed by atoms with van der Waals surface area (Å²) in [7, 11) is 0. The van der Waals surface area contributed by atoms with Gasteiger partial charge < -0.3 is 0 Å². The normalized spacial score (nSPS) is 11.7. The second-order valence-electron chi connectivity index (χ2n) is 15.2. The van der Waals surface area contributed by atoms with Gasteiger partial charge in [0.1, 0.15) is 0 Å². The molecule has 0 aromatic carbocycles. The molecule has 0 saturated heterocycles. The molecule has 0 nitrogen and oxygen atoms in total. The summed E-state index contributed by atoms with van der Waals surface area (Å²) in [6, 6.07) is 19.6. The Morgan fingerprint density at radius 1 is 0.364 bits per heavy atom. The Morgan fingerprint density at radius 3 is 1.24 bits per heavy atom. The molecule has 0 fully saturated rings. The number of thiophene rings is 6. The third kappa shape index (κ3) is 11.9. The third-order valence-corrected chi connectivity index (χ3v) is 18.8. The van der Waals surface area contributed by atoms with Gasteiger partial charge in [0, 0.05) is 48.8 Å². The maximum Gasteiger partial charge on any atom is 0.0708 e. The molecule has 0 atom stereocenters. The Labute approximate surface area is 365 Å². The van der Waals surface area contributed by atoms with Crippen LogP contribution in [-0.2, 0) is 25.7 Å². The number of rotatable bonds is 25. The summed E-state index contributed by atoms with van der Waals surface area (Å²) in [6.07, 6.45) is 25.7. The van der Waals surface area contributed by atoms with E-state index < -0.39 is 0 Å². The van der Waals surface area contributed by atoms with Crippen LogP contribution < -0.4 is 0 Å². The van der Waals surface area contributed by atoms with Gasteiger partial charge in [0.15, 0.2) is 0 Å². The van der Waals surface area contributed by atoms with Crippen LogP contribution in [0, 0.1) is 0 Å². The van der Waals surface area contributed by atoms with Crippen molar-refractivity contribution in [3.63, 3.8) is 0 Å². The lowest BCUT2D eigenvalue weighted by Crippen LogP contribution is -1.86. The van der Waals surface area contributed by atoms with Crippen molar-refractivity contribution < 1.29 is 0 Å². The summed E-state index contributed by atoms with van der Waals surface area (Å²) in [5, 5.41) is 2.32. The van der Waals surface area contributed by atoms with Crippen LogP contribution in [0.2, 0.25) is 0 Å². The van der Waals surface area contributed by atoms with Crippen LogP contribution in [0.4, 0.5) is 0 Å². The van der Waals surface area contributed by atoms with Crippen molar-refractivity contribution in [2.24, 2.45) is 0 Å². The van der Waals surface area contributed by atoms with Gasteiger partial charge in [-0.15, -0.1) is 68.0 Å². The molecule has 296 valence electrons. The van der Waals surface area contributed by atoms with E-state index in [2.05, 4.69) is 97.5 Å². The van der Waals surface area contributed by atoms with Gasteiger partial charge >= 0.3 is 0 Å². The van der Waals surface area contributed by atoms with E-state index in [4.69, 9.17) is 0 Å². The highest BCUT2D eigenvalue weighted by molar-refractivity contribution is 9.11. The molecule has 6 aromatic rings. The van der Waals surface area contributed by atoms with Crippen molar-refractivity contribution in [2.45, 2.75) is 156 Å². The van der Waals surface area contributed by atoms with Gasteiger partial charge in [-0.2, -0.15) is 0 Å². The standard InChI is InChI=1S/C48H61BrS6/c1-5-9-13-17-21-34-29-30-50-45(34)42-31-35(22-18-14-10-6-2)46(53-42)40-27-25-38(51-40)39-26-28-41(52-39)47-36(23-19-15-11-7-3)32-43(54-47)48-37(33-44(49)55-48)24-20-16-12-8-4/h25-33H,5-24H2,1-4H3. The van der Waals surface area contributed by atoms with Crippen LogP contribution in [0.15, 0.2) is 57.7 Å². The zero-order chi connectivity index (χ0) is 38.4. The summed E-state index contributed by atoms with van der Waals surface area (Å²) < 4.78 is 1.26. The van der Waals surface area contributed by atoms with Gasteiger partial charge in [-0.3, -0.25) is 0 Å². The highest BCUT2D eigenvalue weighted by atomic mass is 79.9. The van der Waals surface area contributed by atoms with Crippen molar-refractivity contribution in [2.75, 3.05) is 0 Å². The van der Waals surface area contributed by atoms with E-state index in [0.29, 0.717) is 0 Å². The van der Waals surface area contributed by atoms with E-state index in [9.17, 15) is 0 Å². The predicted octanol–water partition coefficient (Wildman–Crippen LogP) is 19.6. The van der Waals surface area contributed by atoms with Crippen LogP contribution in [0.3, 0.4) is 0 Å². The third-order valence-electron chi connectivity index (χ3n) is 10.7. The van der Waals surface area contributed by atoms with E-state index in [1.807, 2.05) is 68.0 Å². The molecule has 6 rings (SSSR count). The molecule has 0 spiro atoms. The molecular formula is C48H61BrS6. The highest BCUT2D eigenvalue weighted by Gasteiger charge is 2.21. The first-order valence-electron chi connectivity index (χ1n) is 21.3. The Kier molecular flexibility index (Phi) is 17.9. The molecule has 0 aliphatic rings. The molecule has 0 aliphatic carbocycles. The molecule has 0 saturated carbocycles. The molecule has 7 heteroatoms. The lowest BCUT2D eigenvalue weighted by molar-refractivity contribution is 0.667. The minimum atomic E-state index is 1.17. The van der Waals surface area contributed by atoms with Crippen molar-refractivity contribution in [3.8, 4) is 48.8 Å². The molecule has 6 aromatic heterocycles. The van der Waals surface area contributed by atoms with Crippen molar-refractivity contribution in [1.29, 1.82) is 0 Å². The largest absolute Gasteiger partial charge is 0.143 e. The van der Waals surface area contributed by atoms with E-state index in [-0.39, 0.29) is 0 Å². The molecule has 0 N–H and O–H groups in total. The smallest absolute Gasteiger partial charge is 0.0708 e. The van der Waals surface area contributed by atoms with Crippen LogP contribution >= 0.6 is 84.0 Å². The Bertz CT molecular complexity index is 2010. The maximum atomic E-state index is 3.86. The average molecular weight is 910 g/mol. The Balaban J connectivity index is 1.26. The Morgan fingerprint density at radius 2 is 0.764 bits per heavy atom. The van der Waals surface area contributed by atoms with Crippen LogP contribution in [-0.4, -0.2) is 0 Å². The zero-order valence-corrected chi connectivity index (χ0v) is 40.2. The fraction of sp³-hybridized carbons (Fsp3) is 0.500. The summed E-state index contributed by atoms with van der Waals surface area (Å²) in [4.78, 5) is 14.6. The lowest BCUT2D eigenvalue weighted by atomic mass is 10.0. The minimum absolute atomic E-state index is 1.17. The number of unbranched alkanes of at least 4 members (excludes halogenated alkanes) is 12. The van der Waals surface area contributed by atoms with Crippen molar-refractivity contribution in [3.05, 3.63) is 80.0 Å². The Hall–Kier alpha value is -1.32. The summed E-state index contributed by atoms with van der Waals surface area (Å²) in [5.74, 6) is 0. The highest BCUT2D eigenvalue weighted by Crippen LogP contribution is 2.50. The lowest BCUT2D eigenvalue weighted by Gasteiger charge is -2.02. The van der Waals surface area contributed by atoms with Crippen molar-refractivity contribution >= 4 is 84.0 Å². The molecule has 0 radical (unpaired) electrons. The average Bonchev–Trinajstić information content (AvgIpc) is 4.04. The molecule has 0 amide bonds. The molecule has 6 heterocycles. The first kappa shape index (κ1) is 43.3. The van der Waals surface area contributed by atoms with E-state index in [1.54, 1.807) is 16.7 Å². The second kappa shape index (κ2) is 22.7. The van der Waals surface area contributed by atoms with E-state index in [1.165, 1.54) is 187 Å². The molecule has 0 unspecified atom stereocenters. The van der Waals surface area contributed by atoms with Gasteiger partial charge in [0.05, 0.1) is 3.79 Å². The number of hydrogen-bond donors (Lipinski definition) is 0. The summed E-state index contributed by atoms with van der Waals surface area (Å²) in [6.45, 7) is 9.24. The predicted molar refractivity (Wildman–Crippen MR) is 260 cm³/mol. The van der Waals surface area contributed by atoms with Gasteiger partial charge in [-0.1, -0.05) is 105 Å². The summed E-state index contributed by atoms with van der Waals surface area (Å²) in [5.41, 5.74) is 6.20. The molecular weight excluding hydrogens is 849 g/mol. The first-order valence-corrected chi connectivity index (χ1v) is 27.1. The van der Waals surface area contributed by atoms with Gasteiger partial charge in [-0.05, 0) is 143 Å². The van der Waals surface area contributed by atoms with Crippen LogP contribution in [0.25, 0.3) is 48.8 Å². The van der Waals surface area contributed by atoms with Crippen molar-refractivity contribution in [1.82, 2.24) is 0 Å². The fourth-order valence-electron chi connectivity index (χ4n) is 7.56. The SMILES string of the molecule is CCCCCCc1ccsc1-c1cc(CCCCCC)c(-c2ccc(-c3ccc(-c4sc(-c5sc(Br)cc5CCCCCC)cc4CCCCCC)s3)s2)s1.